The van der Waals surface area contributed by atoms with E-state index in [1.807, 2.05) is 0 Å². The fraction of sp³-hybridized carbons (Fsp3) is 0.562. The summed E-state index contributed by atoms with van der Waals surface area (Å²) in [5.41, 5.74) is -0.206. The van der Waals surface area contributed by atoms with Crippen molar-refractivity contribution in [3.63, 3.8) is 0 Å². The van der Waals surface area contributed by atoms with Gasteiger partial charge in [0.25, 0.3) is 5.91 Å². The van der Waals surface area contributed by atoms with Crippen molar-refractivity contribution < 1.29 is 19.0 Å². The number of rotatable bonds is 2. The van der Waals surface area contributed by atoms with Crippen LogP contribution in [0.3, 0.4) is 0 Å². The number of aliphatic hydroxyl groups excluding tert-OH is 1. The van der Waals surface area contributed by atoms with Crippen LogP contribution >= 0.6 is 11.6 Å². The summed E-state index contributed by atoms with van der Waals surface area (Å²) in [6.45, 7) is 0.996. The summed E-state index contributed by atoms with van der Waals surface area (Å²) in [5.74, 6) is -0.928. The number of carbonyl (C=O) groups excluding carboxylic acids is 1. The van der Waals surface area contributed by atoms with Crippen LogP contribution in [-0.4, -0.2) is 48.3 Å². The van der Waals surface area contributed by atoms with Gasteiger partial charge in [-0.05, 0) is 31.0 Å². The molecule has 2 fully saturated rings. The highest BCUT2D eigenvalue weighted by molar-refractivity contribution is 6.30. The number of carbonyl (C=O) groups is 1. The minimum Gasteiger partial charge on any atom is -0.392 e. The quantitative estimate of drug-likeness (QED) is 0.908. The fourth-order valence-electron chi connectivity index (χ4n) is 3.67. The van der Waals surface area contributed by atoms with Crippen molar-refractivity contribution in [3.05, 3.63) is 34.6 Å². The van der Waals surface area contributed by atoms with Gasteiger partial charge in [-0.2, -0.15) is 0 Å². The van der Waals surface area contributed by atoms with Gasteiger partial charge in [0.1, 0.15) is 5.82 Å². The maximum atomic E-state index is 13.9. The Labute approximate surface area is 133 Å². The average Bonchev–Trinajstić information content (AvgIpc) is 2.52. The first kappa shape index (κ1) is 15.7. The lowest BCUT2D eigenvalue weighted by atomic mass is 9.58. The average molecular weight is 328 g/mol. The number of methoxy groups -OCH3 is 1. The smallest absolute Gasteiger partial charge is 0.256 e. The van der Waals surface area contributed by atoms with Crippen molar-refractivity contribution in [1.29, 1.82) is 0 Å². The Morgan fingerprint density at radius 3 is 2.68 bits per heavy atom. The summed E-state index contributed by atoms with van der Waals surface area (Å²) >= 11 is 5.71. The van der Waals surface area contributed by atoms with E-state index in [1.165, 1.54) is 12.1 Å². The normalized spacial score (nSPS) is 26.8. The Morgan fingerprint density at radius 2 is 2.14 bits per heavy atom. The van der Waals surface area contributed by atoms with Crippen molar-refractivity contribution in [2.45, 2.75) is 31.5 Å². The van der Waals surface area contributed by atoms with Crippen molar-refractivity contribution in [3.8, 4) is 0 Å². The molecule has 0 aromatic heterocycles. The number of benzene rings is 1. The van der Waals surface area contributed by atoms with Crippen LogP contribution in [0.4, 0.5) is 4.39 Å². The van der Waals surface area contributed by atoms with Gasteiger partial charge in [-0.15, -0.1) is 0 Å². The zero-order valence-electron chi connectivity index (χ0n) is 12.4. The van der Waals surface area contributed by atoms with Crippen molar-refractivity contribution in [1.82, 2.24) is 4.90 Å². The Balaban J connectivity index is 1.70. The third kappa shape index (κ3) is 2.41. The number of hydrogen-bond donors (Lipinski definition) is 1. The Kier molecular flexibility index (Phi) is 4.14. The van der Waals surface area contributed by atoms with E-state index in [4.69, 9.17) is 16.3 Å². The van der Waals surface area contributed by atoms with Crippen LogP contribution in [0.1, 0.15) is 29.6 Å². The fourth-order valence-corrected chi connectivity index (χ4v) is 3.83. The van der Waals surface area contributed by atoms with E-state index in [1.54, 1.807) is 12.0 Å². The number of halogens is 2. The molecule has 0 bridgehead atoms. The van der Waals surface area contributed by atoms with Gasteiger partial charge in [-0.3, -0.25) is 4.79 Å². The molecule has 4 nitrogen and oxygen atoms in total. The molecule has 1 spiro atoms. The molecular formula is C16H19ClFNO3. The van der Waals surface area contributed by atoms with Crippen molar-refractivity contribution >= 4 is 17.5 Å². The summed E-state index contributed by atoms with van der Waals surface area (Å²) in [4.78, 5) is 14.1. The van der Waals surface area contributed by atoms with Gasteiger partial charge in [0, 0.05) is 37.1 Å². The van der Waals surface area contributed by atoms with Crippen LogP contribution in [0.2, 0.25) is 5.02 Å². The lowest BCUT2D eigenvalue weighted by molar-refractivity contribution is -0.199. The molecule has 1 saturated heterocycles. The largest absolute Gasteiger partial charge is 0.392 e. The number of piperidine rings is 1. The molecule has 120 valence electrons. The van der Waals surface area contributed by atoms with Gasteiger partial charge in [0.05, 0.1) is 17.8 Å². The molecule has 1 N–H and O–H groups in total. The molecule has 3 rings (SSSR count). The molecule has 2 aliphatic rings. The molecule has 6 heteroatoms. The van der Waals surface area contributed by atoms with Crippen LogP contribution in [0, 0.1) is 11.2 Å². The number of nitrogens with zero attached hydrogens (tertiary/aromatic N) is 1. The second-order valence-corrected chi connectivity index (χ2v) is 6.56. The van der Waals surface area contributed by atoms with Crippen molar-refractivity contribution in [2.75, 3.05) is 20.2 Å². The first-order valence-electron chi connectivity index (χ1n) is 7.43. The predicted molar refractivity (Wildman–Crippen MR) is 80.4 cm³/mol. The Bertz CT molecular complexity index is 587. The zero-order chi connectivity index (χ0) is 15.9. The molecule has 1 aliphatic heterocycles. The van der Waals surface area contributed by atoms with E-state index >= 15 is 0 Å². The summed E-state index contributed by atoms with van der Waals surface area (Å²) in [5, 5.41) is 10.4. The molecule has 0 unspecified atom stereocenters. The van der Waals surface area contributed by atoms with Gasteiger partial charge < -0.3 is 14.7 Å². The first-order valence-corrected chi connectivity index (χ1v) is 7.81. The molecule has 22 heavy (non-hydrogen) atoms. The van der Waals surface area contributed by atoms with Crippen LogP contribution in [0.25, 0.3) is 0 Å². The SMILES string of the molecule is CO[C@@H]1C[C@H](O)C12CCN(C(=O)c1ccc(Cl)cc1F)CC2. The maximum absolute atomic E-state index is 13.9. The van der Waals surface area contributed by atoms with Gasteiger partial charge in [-0.25, -0.2) is 4.39 Å². The van der Waals surface area contributed by atoms with E-state index in [0.717, 1.165) is 6.07 Å². The van der Waals surface area contributed by atoms with E-state index in [0.29, 0.717) is 32.4 Å². The molecular weight excluding hydrogens is 309 g/mol. The van der Waals surface area contributed by atoms with Gasteiger partial charge in [0.15, 0.2) is 0 Å². The van der Waals surface area contributed by atoms with Gasteiger partial charge >= 0.3 is 0 Å². The molecule has 1 aromatic rings. The first-order chi connectivity index (χ1) is 10.5. The summed E-state index contributed by atoms with van der Waals surface area (Å²) in [6, 6.07) is 4.08. The number of aliphatic hydroxyl groups is 1. The van der Waals surface area contributed by atoms with E-state index in [2.05, 4.69) is 0 Å². The highest BCUT2D eigenvalue weighted by Gasteiger charge is 2.56. The predicted octanol–water partition coefficient (Wildman–Crippen LogP) is 2.48. The highest BCUT2D eigenvalue weighted by Crippen LogP contribution is 2.50. The Morgan fingerprint density at radius 1 is 1.45 bits per heavy atom. The van der Waals surface area contributed by atoms with Gasteiger partial charge in [0.2, 0.25) is 0 Å². The van der Waals surface area contributed by atoms with Crippen molar-refractivity contribution in [2.24, 2.45) is 5.41 Å². The number of amides is 1. The lowest BCUT2D eigenvalue weighted by Gasteiger charge is -2.56. The maximum Gasteiger partial charge on any atom is 0.256 e. The van der Waals surface area contributed by atoms with E-state index < -0.39 is 5.82 Å². The van der Waals surface area contributed by atoms with Crippen LogP contribution < -0.4 is 0 Å². The van der Waals surface area contributed by atoms with Crippen LogP contribution in [0.15, 0.2) is 18.2 Å². The highest BCUT2D eigenvalue weighted by atomic mass is 35.5. The number of likely N-dealkylation sites (tertiary alicyclic amines) is 1. The van der Waals surface area contributed by atoms with Crippen LogP contribution in [0.5, 0.6) is 0 Å². The summed E-state index contributed by atoms with van der Waals surface area (Å²) in [7, 11) is 1.65. The standard InChI is InChI=1S/C16H19ClFNO3/c1-22-14-9-13(20)16(14)4-6-19(7-5-16)15(21)11-3-2-10(17)8-12(11)18/h2-3,8,13-14,20H,4-7,9H2,1H3/t13-,14+/m0/s1. The molecule has 1 amide bonds. The minimum atomic E-state index is -0.601. The zero-order valence-corrected chi connectivity index (χ0v) is 13.1. The molecule has 1 aromatic carbocycles. The third-order valence-electron chi connectivity index (χ3n) is 5.17. The molecule has 1 aliphatic carbocycles. The van der Waals surface area contributed by atoms with Gasteiger partial charge in [-0.1, -0.05) is 11.6 Å². The summed E-state index contributed by atoms with van der Waals surface area (Å²) < 4.78 is 19.3. The summed E-state index contributed by atoms with van der Waals surface area (Å²) in [6.07, 6.45) is 1.67. The Hall–Kier alpha value is -1.17. The third-order valence-corrected chi connectivity index (χ3v) is 5.40. The number of ether oxygens (including phenoxy) is 1. The van der Waals surface area contributed by atoms with E-state index in [9.17, 15) is 14.3 Å². The number of hydrogen-bond acceptors (Lipinski definition) is 3. The van der Waals surface area contributed by atoms with E-state index in [-0.39, 0.29) is 34.1 Å². The lowest BCUT2D eigenvalue weighted by Crippen LogP contribution is -2.62. The monoisotopic (exact) mass is 327 g/mol. The molecule has 2 atom stereocenters. The molecule has 0 radical (unpaired) electrons. The molecule has 1 saturated carbocycles. The second-order valence-electron chi connectivity index (χ2n) is 6.13. The minimum absolute atomic E-state index is 0.0396. The van der Waals surface area contributed by atoms with Crippen LogP contribution in [-0.2, 0) is 4.74 Å². The molecule has 1 heterocycles. The second kappa shape index (κ2) is 5.80. The topological polar surface area (TPSA) is 49.8 Å².